The van der Waals surface area contributed by atoms with Crippen LogP contribution in [0.5, 0.6) is 0 Å². The van der Waals surface area contributed by atoms with Crippen molar-refractivity contribution < 1.29 is 0 Å². The second-order valence-electron chi connectivity index (χ2n) is 6.34. The predicted molar refractivity (Wildman–Crippen MR) is 99.8 cm³/mol. The van der Waals surface area contributed by atoms with Gasteiger partial charge in [-0.05, 0) is 62.6 Å². The van der Waals surface area contributed by atoms with Crippen molar-refractivity contribution in [2.24, 2.45) is 0 Å². The van der Waals surface area contributed by atoms with Gasteiger partial charge in [0.15, 0.2) is 11.6 Å². The quantitative estimate of drug-likeness (QED) is 0.450. The molecule has 3 aromatic rings. The van der Waals surface area contributed by atoms with Crippen molar-refractivity contribution in [1.29, 1.82) is 0 Å². The van der Waals surface area contributed by atoms with Crippen molar-refractivity contribution >= 4 is 29.1 Å². The molecule has 0 spiro atoms. The van der Waals surface area contributed by atoms with Crippen molar-refractivity contribution in [3.63, 3.8) is 0 Å². The summed E-state index contributed by atoms with van der Waals surface area (Å²) in [5.41, 5.74) is 6.11. The second-order valence-corrected chi connectivity index (χ2v) is 7.43. The second kappa shape index (κ2) is 5.64. The van der Waals surface area contributed by atoms with Crippen LogP contribution in [0.4, 0.5) is 17.3 Å². The topological polar surface area (TPSA) is 29.0 Å². The maximum Gasteiger partial charge on any atom is 0.152 e. The van der Waals surface area contributed by atoms with Gasteiger partial charge in [-0.2, -0.15) is 0 Å². The minimum Gasteiger partial charge on any atom is -0.277 e. The highest BCUT2D eigenvalue weighted by atomic mass is 32.2. The highest BCUT2D eigenvalue weighted by Crippen LogP contribution is 2.50. The summed E-state index contributed by atoms with van der Waals surface area (Å²) in [5, 5.41) is 0. The molecule has 24 heavy (non-hydrogen) atoms. The minimum absolute atomic E-state index is 0.960. The first-order valence-corrected chi connectivity index (χ1v) is 8.84. The number of fused-ring (bicyclic) bond motifs is 2. The summed E-state index contributed by atoms with van der Waals surface area (Å²) in [6.45, 7) is 8.54. The van der Waals surface area contributed by atoms with Gasteiger partial charge in [0.05, 0.1) is 15.5 Å². The molecule has 4 rings (SSSR count). The Hall–Kier alpha value is -2.33. The first kappa shape index (κ1) is 15.2. The number of anilines is 3. The normalized spacial score (nSPS) is 12.8. The van der Waals surface area contributed by atoms with Gasteiger partial charge < -0.3 is 0 Å². The Morgan fingerprint density at radius 3 is 2.29 bits per heavy atom. The lowest BCUT2D eigenvalue weighted by Crippen LogP contribution is -2.19. The largest absolute Gasteiger partial charge is 0.277 e. The maximum atomic E-state index is 4.75. The van der Waals surface area contributed by atoms with Crippen LogP contribution in [0.15, 0.2) is 52.5 Å². The standard InChI is InChI=1S/C20H19N3S/c1-12-8-14(3)18(15(4)9-12)23-19-16(6-5-7-21-19)24-17-10-13(2)11-22-20(17)23/h5-11H,1-4H3. The molecule has 1 aromatic carbocycles. The van der Waals surface area contributed by atoms with E-state index in [0.717, 1.165) is 16.5 Å². The molecule has 1 aliphatic heterocycles. The molecule has 1 aliphatic rings. The average molecular weight is 333 g/mol. The lowest BCUT2D eigenvalue weighted by Gasteiger charge is -2.32. The monoisotopic (exact) mass is 333 g/mol. The summed E-state index contributed by atoms with van der Waals surface area (Å²) < 4.78 is 0. The van der Waals surface area contributed by atoms with Gasteiger partial charge in [0.1, 0.15) is 0 Å². The third-order valence-electron chi connectivity index (χ3n) is 4.22. The van der Waals surface area contributed by atoms with Gasteiger partial charge in [0, 0.05) is 12.4 Å². The molecule has 0 bridgehead atoms. The molecular formula is C20H19N3S. The van der Waals surface area contributed by atoms with Gasteiger partial charge in [-0.25, -0.2) is 9.97 Å². The lowest BCUT2D eigenvalue weighted by molar-refractivity contribution is 1.02. The number of benzene rings is 1. The zero-order chi connectivity index (χ0) is 16.8. The van der Waals surface area contributed by atoms with Crippen molar-refractivity contribution in [1.82, 2.24) is 9.97 Å². The Morgan fingerprint density at radius 2 is 1.54 bits per heavy atom. The van der Waals surface area contributed by atoms with Crippen molar-refractivity contribution in [2.45, 2.75) is 37.5 Å². The Morgan fingerprint density at radius 1 is 0.833 bits per heavy atom. The molecule has 0 aliphatic carbocycles. The number of aromatic nitrogens is 2. The van der Waals surface area contributed by atoms with Crippen LogP contribution in [0.2, 0.25) is 0 Å². The predicted octanol–water partition coefficient (Wildman–Crippen LogP) is 5.64. The molecular weight excluding hydrogens is 314 g/mol. The van der Waals surface area contributed by atoms with Crippen LogP contribution < -0.4 is 4.90 Å². The van der Waals surface area contributed by atoms with Crippen LogP contribution in [-0.2, 0) is 0 Å². The zero-order valence-electron chi connectivity index (χ0n) is 14.3. The van der Waals surface area contributed by atoms with Gasteiger partial charge in [0.2, 0.25) is 0 Å². The SMILES string of the molecule is Cc1cc(C)c(N2c3ncccc3Sc3cc(C)cnc32)c(C)c1. The Balaban J connectivity index is 2.02. The maximum absolute atomic E-state index is 4.75. The summed E-state index contributed by atoms with van der Waals surface area (Å²) in [6, 6.07) is 10.8. The van der Waals surface area contributed by atoms with Gasteiger partial charge >= 0.3 is 0 Å². The number of pyridine rings is 2. The third kappa shape index (κ3) is 2.38. The Bertz CT molecular complexity index is 926. The van der Waals surface area contributed by atoms with Crippen molar-refractivity contribution in [3.05, 3.63) is 65.0 Å². The van der Waals surface area contributed by atoms with E-state index in [1.54, 1.807) is 11.8 Å². The van der Waals surface area contributed by atoms with E-state index in [0.29, 0.717) is 0 Å². The molecule has 3 heterocycles. The zero-order valence-corrected chi connectivity index (χ0v) is 15.1. The fourth-order valence-electron chi connectivity index (χ4n) is 3.36. The Labute approximate surface area is 146 Å². The first-order valence-electron chi connectivity index (χ1n) is 8.02. The summed E-state index contributed by atoms with van der Waals surface area (Å²) in [6.07, 6.45) is 3.78. The highest BCUT2D eigenvalue weighted by molar-refractivity contribution is 7.99. The van der Waals surface area contributed by atoms with Gasteiger partial charge in [-0.1, -0.05) is 29.5 Å². The Kier molecular flexibility index (Phi) is 3.57. The molecule has 0 unspecified atom stereocenters. The summed E-state index contributed by atoms with van der Waals surface area (Å²) in [7, 11) is 0. The number of aryl methyl sites for hydroxylation is 4. The fraction of sp³-hybridized carbons (Fsp3) is 0.200. The van der Waals surface area contributed by atoms with Crippen LogP contribution in [0.25, 0.3) is 0 Å². The van der Waals surface area contributed by atoms with E-state index in [1.807, 2.05) is 18.5 Å². The van der Waals surface area contributed by atoms with Crippen LogP contribution in [-0.4, -0.2) is 9.97 Å². The molecule has 0 atom stereocenters. The van der Waals surface area contributed by atoms with E-state index in [-0.39, 0.29) is 0 Å². The smallest absolute Gasteiger partial charge is 0.152 e. The van der Waals surface area contributed by atoms with Crippen LogP contribution in [0.1, 0.15) is 22.3 Å². The van der Waals surface area contributed by atoms with E-state index in [1.165, 1.54) is 32.8 Å². The number of rotatable bonds is 1. The van der Waals surface area contributed by atoms with E-state index < -0.39 is 0 Å². The average Bonchev–Trinajstić information content (AvgIpc) is 2.53. The van der Waals surface area contributed by atoms with Gasteiger partial charge in [-0.3, -0.25) is 4.90 Å². The van der Waals surface area contributed by atoms with Crippen molar-refractivity contribution in [3.8, 4) is 0 Å². The molecule has 0 radical (unpaired) electrons. The molecule has 3 nitrogen and oxygen atoms in total. The van der Waals surface area contributed by atoms with Crippen LogP contribution >= 0.6 is 11.8 Å². The number of hydrogen-bond donors (Lipinski definition) is 0. The molecule has 0 saturated heterocycles. The third-order valence-corrected chi connectivity index (χ3v) is 5.28. The summed E-state index contributed by atoms with van der Waals surface area (Å²) in [4.78, 5) is 14.0. The highest BCUT2D eigenvalue weighted by Gasteiger charge is 2.29. The number of nitrogens with zero attached hydrogens (tertiary/aromatic N) is 3. The molecule has 0 amide bonds. The molecule has 2 aromatic heterocycles. The van der Waals surface area contributed by atoms with Gasteiger partial charge in [-0.15, -0.1) is 0 Å². The molecule has 0 saturated carbocycles. The summed E-state index contributed by atoms with van der Waals surface area (Å²) in [5.74, 6) is 1.92. The van der Waals surface area contributed by atoms with E-state index in [9.17, 15) is 0 Å². The van der Waals surface area contributed by atoms with E-state index in [4.69, 9.17) is 4.98 Å². The van der Waals surface area contributed by atoms with Crippen LogP contribution in [0, 0.1) is 27.7 Å². The first-order chi connectivity index (χ1) is 11.5. The van der Waals surface area contributed by atoms with Crippen molar-refractivity contribution in [2.75, 3.05) is 4.90 Å². The number of hydrogen-bond acceptors (Lipinski definition) is 4. The van der Waals surface area contributed by atoms with E-state index in [2.05, 4.69) is 61.8 Å². The van der Waals surface area contributed by atoms with Crippen LogP contribution in [0.3, 0.4) is 0 Å². The molecule has 120 valence electrons. The summed E-state index contributed by atoms with van der Waals surface area (Å²) >= 11 is 1.74. The lowest BCUT2D eigenvalue weighted by atomic mass is 10.0. The van der Waals surface area contributed by atoms with E-state index >= 15 is 0 Å². The molecule has 0 N–H and O–H groups in total. The fourth-order valence-corrected chi connectivity index (χ4v) is 4.46. The van der Waals surface area contributed by atoms with Gasteiger partial charge in [0.25, 0.3) is 0 Å². The minimum atomic E-state index is 0.960. The molecule has 0 fully saturated rings. The molecule has 4 heteroatoms.